The highest BCUT2D eigenvalue weighted by molar-refractivity contribution is 6.30. The van der Waals surface area contributed by atoms with Crippen LogP contribution in [0.3, 0.4) is 0 Å². The van der Waals surface area contributed by atoms with E-state index in [9.17, 15) is 23.9 Å². The van der Waals surface area contributed by atoms with E-state index in [0.717, 1.165) is 12.8 Å². The number of benzene rings is 1. The Morgan fingerprint density at radius 2 is 2.15 bits per heavy atom. The number of nitriles is 1. The molecular weight excluding hydrogens is 558 g/mol. The van der Waals surface area contributed by atoms with Crippen molar-refractivity contribution < 1.29 is 27.8 Å². The Balaban J connectivity index is 1.36. The van der Waals surface area contributed by atoms with E-state index in [1.165, 1.54) is 11.1 Å². The zero-order valence-electron chi connectivity index (χ0n) is 21.9. The number of rotatable bonds is 6. The Hall–Kier alpha value is -4.24. The number of carboxylic acid groups (broad SMARTS) is 1. The maximum absolute atomic E-state index is 13.9. The average molecular weight is 583 g/mol. The molecule has 2 aliphatic rings. The van der Waals surface area contributed by atoms with Gasteiger partial charge < -0.3 is 24.1 Å². The number of para-hydroxylation sites is 1. The van der Waals surface area contributed by atoms with Crippen molar-refractivity contribution in [1.82, 2.24) is 15.0 Å². The predicted molar refractivity (Wildman–Crippen MR) is 146 cm³/mol. The molecule has 212 valence electrons. The molecule has 0 bridgehead atoms. The Morgan fingerprint density at radius 3 is 2.90 bits per heavy atom. The first-order valence-corrected chi connectivity index (χ1v) is 13.5. The third kappa shape index (κ3) is 4.95. The Bertz CT molecular complexity index is 1690. The zero-order chi connectivity index (χ0) is 28.9. The quantitative estimate of drug-likeness (QED) is 0.306. The lowest BCUT2D eigenvalue weighted by Crippen LogP contribution is -2.41. The second kappa shape index (κ2) is 10.3. The number of hydrogen-bond acceptors (Lipinski definition) is 9. The summed E-state index contributed by atoms with van der Waals surface area (Å²) in [5.74, 6) is -1.68. The molecule has 0 aliphatic carbocycles. The fourth-order valence-corrected chi connectivity index (χ4v) is 5.82. The Labute approximate surface area is 238 Å². The summed E-state index contributed by atoms with van der Waals surface area (Å²) in [7, 11) is 0. The number of ether oxygens (including phenoxy) is 1. The minimum absolute atomic E-state index is 0.0163. The fourth-order valence-electron chi connectivity index (χ4n) is 5.66. The molecule has 5 heterocycles. The first kappa shape index (κ1) is 27.0. The second-order valence-electron chi connectivity index (χ2n) is 10.6. The van der Waals surface area contributed by atoms with Crippen LogP contribution in [-0.2, 0) is 4.79 Å². The SMILES string of the molecule is CC1(C#N)CCCN(c2cc(Cl)cnc2O[C@H]2C[C@@H](C(=O)O)N(c3nc(C(F)F)nc4c3oc3ccccc34)C2)C1. The molecule has 41 heavy (non-hydrogen) atoms. The van der Waals surface area contributed by atoms with Crippen LogP contribution in [-0.4, -0.2) is 57.8 Å². The number of fused-ring (bicyclic) bond motifs is 3. The first-order valence-electron chi connectivity index (χ1n) is 13.1. The normalized spacial score (nSPS) is 22.9. The van der Waals surface area contributed by atoms with Crippen molar-refractivity contribution in [3.63, 3.8) is 0 Å². The zero-order valence-corrected chi connectivity index (χ0v) is 22.7. The van der Waals surface area contributed by atoms with Gasteiger partial charge in [0.1, 0.15) is 28.9 Å². The lowest BCUT2D eigenvalue weighted by atomic mass is 9.83. The molecule has 0 saturated carbocycles. The summed E-state index contributed by atoms with van der Waals surface area (Å²) in [4.78, 5) is 28.3. The maximum Gasteiger partial charge on any atom is 0.326 e. The lowest BCUT2D eigenvalue weighted by molar-refractivity contribution is -0.138. The summed E-state index contributed by atoms with van der Waals surface area (Å²) in [6.07, 6.45) is -0.633. The summed E-state index contributed by atoms with van der Waals surface area (Å²) in [6.45, 7) is 3.05. The van der Waals surface area contributed by atoms with Gasteiger partial charge in [0.05, 0.1) is 23.1 Å². The molecule has 3 atom stereocenters. The van der Waals surface area contributed by atoms with Crippen LogP contribution in [0.4, 0.5) is 20.3 Å². The molecule has 0 spiro atoms. The average Bonchev–Trinajstić information content (AvgIpc) is 3.55. The van der Waals surface area contributed by atoms with Crippen LogP contribution >= 0.6 is 11.6 Å². The smallest absolute Gasteiger partial charge is 0.326 e. The highest BCUT2D eigenvalue weighted by Gasteiger charge is 2.42. The molecule has 2 saturated heterocycles. The molecule has 0 amide bonds. The van der Waals surface area contributed by atoms with E-state index in [4.69, 9.17) is 20.8 Å². The largest absolute Gasteiger partial charge is 0.480 e. The number of pyridine rings is 1. The summed E-state index contributed by atoms with van der Waals surface area (Å²) in [6, 6.07) is 9.82. The first-order chi connectivity index (χ1) is 19.7. The van der Waals surface area contributed by atoms with Crippen LogP contribution in [0.15, 0.2) is 40.9 Å². The standard InChI is InChI=1S/C28H25ClF2N6O4/c1-28(13-32)7-4-8-36(14-28)18-9-15(29)11-33-26(18)40-16-10-19(27(38)39)37(12-16)25-22-21(34-24(35-25)23(30)31)17-5-2-3-6-20(17)41-22/h2-3,5-6,9,11,16,19,23H,4,7-8,10,12,14H2,1H3,(H,38,39)/t16-,19-,28?/m0/s1. The van der Waals surface area contributed by atoms with Gasteiger partial charge in [0.2, 0.25) is 5.88 Å². The van der Waals surface area contributed by atoms with Gasteiger partial charge in [-0.25, -0.2) is 28.5 Å². The van der Waals surface area contributed by atoms with Crippen molar-refractivity contribution in [3.05, 3.63) is 47.4 Å². The van der Waals surface area contributed by atoms with Crippen LogP contribution in [0.25, 0.3) is 22.1 Å². The number of furan rings is 1. The van der Waals surface area contributed by atoms with Crippen molar-refractivity contribution in [3.8, 4) is 11.9 Å². The molecule has 1 unspecified atom stereocenters. The van der Waals surface area contributed by atoms with E-state index < -0.39 is 35.8 Å². The van der Waals surface area contributed by atoms with Gasteiger partial charge in [-0.05, 0) is 38.0 Å². The summed E-state index contributed by atoms with van der Waals surface area (Å²) < 4.78 is 40.0. The Morgan fingerprint density at radius 1 is 1.34 bits per heavy atom. The molecular formula is C28H25ClF2N6O4. The second-order valence-corrected chi connectivity index (χ2v) is 11.1. The Kier molecular flexibility index (Phi) is 6.77. The number of nitrogens with zero attached hydrogens (tertiary/aromatic N) is 6. The lowest BCUT2D eigenvalue weighted by Gasteiger charge is -2.38. The number of carboxylic acids is 1. The third-order valence-electron chi connectivity index (χ3n) is 7.62. The molecule has 1 aromatic carbocycles. The highest BCUT2D eigenvalue weighted by atomic mass is 35.5. The summed E-state index contributed by atoms with van der Waals surface area (Å²) in [5.41, 5.74) is 0.776. The van der Waals surface area contributed by atoms with Crippen molar-refractivity contribution in [2.24, 2.45) is 5.41 Å². The van der Waals surface area contributed by atoms with E-state index in [1.807, 2.05) is 11.8 Å². The molecule has 1 N–H and O–H groups in total. The van der Waals surface area contributed by atoms with Crippen molar-refractivity contribution in [2.75, 3.05) is 29.4 Å². The number of piperidine rings is 1. The van der Waals surface area contributed by atoms with E-state index in [-0.39, 0.29) is 35.8 Å². The molecule has 10 nitrogen and oxygen atoms in total. The molecule has 3 aromatic heterocycles. The van der Waals surface area contributed by atoms with Crippen LogP contribution in [0.2, 0.25) is 5.02 Å². The molecule has 4 aromatic rings. The van der Waals surface area contributed by atoms with Crippen LogP contribution < -0.4 is 14.5 Å². The minimum Gasteiger partial charge on any atom is -0.480 e. The van der Waals surface area contributed by atoms with Gasteiger partial charge in [-0.2, -0.15) is 5.26 Å². The van der Waals surface area contributed by atoms with Crippen LogP contribution in [0.1, 0.15) is 38.4 Å². The van der Waals surface area contributed by atoms with Gasteiger partial charge in [0, 0.05) is 31.1 Å². The van der Waals surface area contributed by atoms with Crippen molar-refractivity contribution in [2.45, 2.75) is 44.8 Å². The topological polar surface area (TPSA) is 129 Å². The fraction of sp³-hybridized carbons (Fsp3) is 0.393. The molecule has 2 aliphatic heterocycles. The number of aliphatic carboxylic acids is 1. The van der Waals surface area contributed by atoms with Gasteiger partial charge in [-0.3, -0.25) is 0 Å². The minimum atomic E-state index is -2.98. The summed E-state index contributed by atoms with van der Waals surface area (Å²) >= 11 is 6.27. The highest BCUT2D eigenvalue weighted by Crippen LogP contribution is 2.40. The van der Waals surface area contributed by atoms with Gasteiger partial charge in [-0.15, -0.1) is 0 Å². The van der Waals surface area contributed by atoms with Gasteiger partial charge in [-0.1, -0.05) is 23.7 Å². The number of alkyl halides is 2. The van der Waals surface area contributed by atoms with Crippen LogP contribution in [0, 0.1) is 16.7 Å². The van der Waals surface area contributed by atoms with Crippen LogP contribution in [0.5, 0.6) is 5.88 Å². The number of hydrogen-bond donors (Lipinski definition) is 1. The number of anilines is 2. The van der Waals surface area contributed by atoms with Crippen molar-refractivity contribution in [1.29, 1.82) is 5.26 Å². The summed E-state index contributed by atoms with van der Waals surface area (Å²) in [5, 5.41) is 20.7. The van der Waals surface area contributed by atoms with Crippen molar-refractivity contribution >= 4 is 51.1 Å². The number of halogens is 3. The molecule has 13 heteroatoms. The molecule has 2 fully saturated rings. The molecule has 0 radical (unpaired) electrons. The number of aromatic nitrogens is 3. The van der Waals surface area contributed by atoms with E-state index in [2.05, 4.69) is 21.0 Å². The van der Waals surface area contributed by atoms with Gasteiger partial charge in [0.15, 0.2) is 17.2 Å². The van der Waals surface area contributed by atoms with Gasteiger partial charge >= 0.3 is 5.97 Å². The van der Waals surface area contributed by atoms with E-state index >= 15 is 0 Å². The van der Waals surface area contributed by atoms with E-state index in [1.54, 1.807) is 30.3 Å². The molecule has 6 rings (SSSR count). The maximum atomic E-state index is 13.9. The van der Waals surface area contributed by atoms with E-state index in [0.29, 0.717) is 34.8 Å². The number of carbonyl (C=O) groups is 1. The monoisotopic (exact) mass is 582 g/mol. The van der Waals surface area contributed by atoms with Gasteiger partial charge in [0.25, 0.3) is 6.43 Å². The third-order valence-corrected chi connectivity index (χ3v) is 7.83. The predicted octanol–water partition coefficient (Wildman–Crippen LogP) is 5.60.